The van der Waals surface area contributed by atoms with E-state index in [2.05, 4.69) is 9.88 Å². The van der Waals surface area contributed by atoms with Gasteiger partial charge in [-0.2, -0.15) is 0 Å². The molecule has 1 aromatic heterocycles. The highest BCUT2D eigenvalue weighted by molar-refractivity contribution is 6.33. The minimum Gasteiger partial charge on any atom is -0.369 e. The maximum Gasteiger partial charge on any atom is 0.0642 e. The third kappa shape index (κ3) is 2.81. The highest BCUT2D eigenvalue weighted by atomic mass is 35.5. The molecule has 0 spiro atoms. The molecule has 1 aromatic carbocycles. The number of hydrogen-bond acceptors (Lipinski definition) is 3. The van der Waals surface area contributed by atoms with Gasteiger partial charge in [0.15, 0.2) is 0 Å². The number of para-hydroxylation sites is 1. The fourth-order valence-electron chi connectivity index (χ4n) is 2.00. The highest BCUT2D eigenvalue weighted by Gasteiger charge is 2.11. The van der Waals surface area contributed by atoms with Crippen LogP contribution in [0.1, 0.15) is 11.1 Å². The van der Waals surface area contributed by atoms with Crippen LogP contribution >= 0.6 is 11.6 Å². The molecule has 0 unspecified atom stereocenters. The zero-order valence-electron chi connectivity index (χ0n) is 10.3. The summed E-state index contributed by atoms with van der Waals surface area (Å²) >= 11 is 6.26. The van der Waals surface area contributed by atoms with Crippen molar-refractivity contribution in [1.29, 1.82) is 0 Å². The van der Waals surface area contributed by atoms with Crippen molar-refractivity contribution in [1.82, 2.24) is 4.98 Å². The molecule has 0 saturated carbocycles. The van der Waals surface area contributed by atoms with Crippen LogP contribution in [0.3, 0.4) is 0 Å². The standard InChI is InChI=1S/C14H16ClN3/c1-18(10-11-4-3-7-17-9-11)14-12(8-16)5-2-6-13(14)15/h2-7,9H,8,10,16H2,1H3. The molecule has 0 amide bonds. The Morgan fingerprint density at radius 1 is 1.28 bits per heavy atom. The number of anilines is 1. The zero-order valence-corrected chi connectivity index (χ0v) is 11.1. The third-order valence-electron chi connectivity index (χ3n) is 2.81. The number of nitrogens with zero attached hydrogens (tertiary/aromatic N) is 2. The molecular formula is C14H16ClN3. The molecule has 0 saturated heterocycles. The minimum atomic E-state index is 0.479. The van der Waals surface area contributed by atoms with Crippen molar-refractivity contribution in [3.8, 4) is 0 Å². The van der Waals surface area contributed by atoms with E-state index in [1.807, 2.05) is 43.6 Å². The lowest BCUT2D eigenvalue weighted by Gasteiger charge is -2.23. The van der Waals surface area contributed by atoms with Crippen LogP contribution in [-0.2, 0) is 13.1 Å². The Balaban J connectivity index is 2.26. The van der Waals surface area contributed by atoms with E-state index in [-0.39, 0.29) is 0 Å². The number of rotatable bonds is 4. The van der Waals surface area contributed by atoms with Crippen molar-refractivity contribution in [2.75, 3.05) is 11.9 Å². The molecule has 18 heavy (non-hydrogen) atoms. The lowest BCUT2D eigenvalue weighted by molar-refractivity contribution is 0.898. The van der Waals surface area contributed by atoms with Gasteiger partial charge in [0.1, 0.15) is 0 Å². The van der Waals surface area contributed by atoms with Crippen molar-refractivity contribution in [2.24, 2.45) is 5.73 Å². The van der Waals surface area contributed by atoms with Gasteiger partial charge in [-0.15, -0.1) is 0 Å². The molecule has 0 fully saturated rings. The van der Waals surface area contributed by atoms with E-state index in [1.165, 1.54) is 0 Å². The number of hydrogen-bond donors (Lipinski definition) is 1. The molecule has 0 aliphatic heterocycles. The molecule has 0 radical (unpaired) electrons. The van der Waals surface area contributed by atoms with Crippen LogP contribution in [0.4, 0.5) is 5.69 Å². The van der Waals surface area contributed by atoms with Gasteiger partial charge in [-0.05, 0) is 23.3 Å². The normalized spacial score (nSPS) is 10.4. The third-order valence-corrected chi connectivity index (χ3v) is 3.12. The van der Waals surface area contributed by atoms with Crippen molar-refractivity contribution >= 4 is 17.3 Å². The van der Waals surface area contributed by atoms with Gasteiger partial charge in [-0.1, -0.05) is 29.8 Å². The molecule has 0 aliphatic rings. The Morgan fingerprint density at radius 3 is 2.78 bits per heavy atom. The van der Waals surface area contributed by atoms with Crippen LogP contribution in [0.25, 0.3) is 0 Å². The number of pyridine rings is 1. The summed E-state index contributed by atoms with van der Waals surface area (Å²) in [6.07, 6.45) is 3.62. The van der Waals surface area contributed by atoms with Gasteiger partial charge in [0.2, 0.25) is 0 Å². The monoisotopic (exact) mass is 261 g/mol. The first kappa shape index (κ1) is 12.9. The predicted molar refractivity (Wildman–Crippen MR) is 75.7 cm³/mol. The molecule has 2 rings (SSSR count). The Labute approximate surface area is 112 Å². The van der Waals surface area contributed by atoms with Crippen molar-refractivity contribution in [3.05, 3.63) is 58.9 Å². The fraction of sp³-hybridized carbons (Fsp3) is 0.214. The molecule has 0 bridgehead atoms. The number of benzene rings is 1. The Kier molecular flexibility index (Phi) is 4.18. The quantitative estimate of drug-likeness (QED) is 0.920. The summed E-state index contributed by atoms with van der Waals surface area (Å²) in [7, 11) is 2.01. The molecule has 4 heteroatoms. The maximum absolute atomic E-state index is 6.26. The first-order chi connectivity index (χ1) is 8.72. The molecule has 2 N–H and O–H groups in total. The second kappa shape index (κ2) is 5.85. The summed E-state index contributed by atoms with van der Waals surface area (Å²) in [5.74, 6) is 0. The van der Waals surface area contributed by atoms with Crippen LogP contribution in [0.15, 0.2) is 42.7 Å². The second-order valence-corrected chi connectivity index (χ2v) is 4.58. The molecule has 0 atom stereocenters. The molecule has 0 aliphatic carbocycles. The summed E-state index contributed by atoms with van der Waals surface area (Å²) in [6.45, 7) is 1.23. The molecule has 94 valence electrons. The van der Waals surface area contributed by atoms with Gasteiger partial charge >= 0.3 is 0 Å². The van der Waals surface area contributed by atoms with Crippen LogP contribution in [0.2, 0.25) is 5.02 Å². The fourth-order valence-corrected chi connectivity index (χ4v) is 2.34. The molecule has 2 aromatic rings. The van der Waals surface area contributed by atoms with Crippen LogP contribution in [0, 0.1) is 0 Å². The van der Waals surface area contributed by atoms with Gasteiger partial charge in [0, 0.05) is 32.5 Å². The predicted octanol–water partition coefficient (Wildman–Crippen LogP) is 2.83. The van der Waals surface area contributed by atoms with Crippen LogP contribution in [-0.4, -0.2) is 12.0 Å². The minimum absolute atomic E-state index is 0.479. The molecule has 3 nitrogen and oxygen atoms in total. The number of halogens is 1. The van der Waals surface area contributed by atoms with Crippen molar-refractivity contribution in [2.45, 2.75) is 13.1 Å². The van der Waals surface area contributed by atoms with Crippen molar-refractivity contribution in [3.63, 3.8) is 0 Å². The summed E-state index contributed by atoms with van der Waals surface area (Å²) < 4.78 is 0. The lowest BCUT2D eigenvalue weighted by atomic mass is 10.1. The lowest BCUT2D eigenvalue weighted by Crippen LogP contribution is -2.19. The Morgan fingerprint density at radius 2 is 2.11 bits per heavy atom. The zero-order chi connectivity index (χ0) is 13.0. The average Bonchev–Trinajstić information content (AvgIpc) is 2.39. The van der Waals surface area contributed by atoms with Crippen molar-refractivity contribution < 1.29 is 0 Å². The van der Waals surface area contributed by atoms with Crippen LogP contribution < -0.4 is 10.6 Å². The Hall–Kier alpha value is -1.58. The number of aromatic nitrogens is 1. The average molecular weight is 262 g/mol. The summed E-state index contributed by atoms with van der Waals surface area (Å²) in [5.41, 5.74) is 8.94. The van der Waals surface area contributed by atoms with Gasteiger partial charge in [-0.3, -0.25) is 4.98 Å². The molecule has 1 heterocycles. The van der Waals surface area contributed by atoms with E-state index in [0.717, 1.165) is 28.4 Å². The SMILES string of the molecule is CN(Cc1cccnc1)c1c(Cl)cccc1CN. The van der Waals surface area contributed by atoms with Crippen LogP contribution in [0.5, 0.6) is 0 Å². The topological polar surface area (TPSA) is 42.2 Å². The summed E-state index contributed by atoms with van der Waals surface area (Å²) in [4.78, 5) is 6.21. The second-order valence-electron chi connectivity index (χ2n) is 4.17. The van der Waals surface area contributed by atoms with E-state index in [1.54, 1.807) is 6.20 Å². The van der Waals surface area contributed by atoms with Gasteiger partial charge in [0.05, 0.1) is 10.7 Å². The van der Waals surface area contributed by atoms with Gasteiger partial charge < -0.3 is 10.6 Å². The summed E-state index contributed by atoms with van der Waals surface area (Å²) in [6, 6.07) is 9.78. The molecular weight excluding hydrogens is 246 g/mol. The Bertz CT molecular complexity index is 514. The van der Waals surface area contributed by atoms with E-state index in [9.17, 15) is 0 Å². The van der Waals surface area contributed by atoms with Gasteiger partial charge in [0.25, 0.3) is 0 Å². The largest absolute Gasteiger partial charge is 0.369 e. The first-order valence-electron chi connectivity index (χ1n) is 5.80. The number of nitrogens with two attached hydrogens (primary N) is 1. The van der Waals surface area contributed by atoms with E-state index in [0.29, 0.717) is 6.54 Å². The first-order valence-corrected chi connectivity index (χ1v) is 6.17. The van der Waals surface area contributed by atoms with E-state index < -0.39 is 0 Å². The maximum atomic E-state index is 6.26. The smallest absolute Gasteiger partial charge is 0.0642 e. The van der Waals surface area contributed by atoms with Gasteiger partial charge in [-0.25, -0.2) is 0 Å². The van der Waals surface area contributed by atoms with E-state index in [4.69, 9.17) is 17.3 Å². The van der Waals surface area contributed by atoms with E-state index >= 15 is 0 Å². The summed E-state index contributed by atoms with van der Waals surface area (Å²) in [5, 5.41) is 0.726. The highest BCUT2D eigenvalue weighted by Crippen LogP contribution is 2.29.